The monoisotopic (exact) mass is 246 g/mol. The normalized spacial score (nSPS) is 10.5. The minimum absolute atomic E-state index is 0.780. The van der Waals surface area contributed by atoms with Crippen molar-refractivity contribution in [3.63, 3.8) is 0 Å². The molecular weight excluding hydrogens is 230 g/mol. The van der Waals surface area contributed by atoms with Gasteiger partial charge < -0.3 is 0 Å². The molecule has 0 N–H and O–H groups in total. The molecule has 1 nitrogen and oxygen atoms in total. The van der Waals surface area contributed by atoms with Crippen LogP contribution in [0.2, 0.25) is 5.02 Å². The molecule has 88 valence electrons. The molecule has 0 unspecified atom stereocenters. The Balaban J connectivity index is 2.14. The Kier molecular flexibility index (Phi) is 4.16. The molecule has 0 fully saturated rings. The Hall–Kier alpha value is -1.34. The third-order valence-electron chi connectivity index (χ3n) is 2.84. The van der Waals surface area contributed by atoms with Crippen LogP contribution in [-0.2, 0) is 6.54 Å². The third kappa shape index (κ3) is 3.31. The molecule has 0 aliphatic heterocycles. The van der Waals surface area contributed by atoms with E-state index in [2.05, 4.69) is 36.0 Å². The first-order valence-corrected chi connectivity index (χ1v) is 6.42. The zero-order chi connectivity index (χ0) is 12.1. The summed E-state index contributed by atoms with van der Waals surface area (Å²) in [6, 6.07) is 12.3. The first-order chi connectivity index (χ1) is 8.29. The minimum Gasteiger partial charge on any atom is -0.205 e. The van der Waals surface area contributed by atoms with Crippen LogP contribution in [-0.4, -0.2) is 0 Å². The van der Waals surface area contributed by atoms with E-state index in [1.54, 1.807) is 0 Å². The second-order valence-electron chi connectivity index (χ2n) is 4.19. The Morgan fingerprint density at radius 1 is 0.941 bits per heavy atom. The van der Waals surface area contributed by atoms with Gasteiger partial charge in [0.05, 0.1) is 0 Å². The van der Waals surface area contributed by atoms with Gasteiger partial charge in [-0.2, -0.15) is 0 Å². The van der Waals surface area contributed by atoms with E-state index in [1.807, 2.05) is 24.3 Å². The summed E-state index contributed by atoms with van der Waals surface area (Å²) < 4.78 is 2.23. The first-order valence-electron chi connectivity index (χ1n) is 6.04. The SMILES string of the molecule is CCCC[n+]1ccc(-c2ccc(Cl)cc2)cc1. The predicted octanol–water partition coefficient (Wildman–Crippen LogP) is 4.09. The fraction of sp³-hybridized carbons (Fsp3) is 0.267. The summed E-state index contributed by atoms with van der Waals surface area (Å²) >= 11 is 5.88. The third-order valence-corrected chi connectivity index (χ3v) is 3.09. The number of nitrogens with zero attached hydrogens (tertiary/aromatic N) is 1. The highest BCUT2D eigenvalue weighted by Gasteiger charge is 2.02. The molecule has 2 rings (SSSR count). The molecule has 0 atom stereocenters. The summed E-state index contributed by atoms with van der Waals surface area (Å²) in [4.78, 5) is 0. The van der Waals surface area contributed by atoms with Crippen molar-refractivity contribution in [2.45, 2.75) is 26.3 Å². The summed E-state index contributed by atoms with van der Waals surface area (Å²) in [5.41, 5.74) is 2.44. The molecule has 0 aliphatic carbocycles. The first kappa shape index (κ1) is 12.1. The number of benzene rings is 1. The van der Waals surface area contributed by atoms with Gasteiger partial charge in [-0.15, -0.1) is 0 Å². The quantitative estimate of drug-likeness (QED) is 0.716. The van der Waals surface area contributed by atoms with Crippen LogP contribution >= 0.6 is 11.6 Å². The van der Waals surface area contributed by atoms with Crippen molar-refractivity contribution in [1.29, 1.82) is 0 Å². The molecule has 0 spiro atoms. The van der Waals surface area contributed by atoms with Crippen LogP contribution in [0.4, 0.5) is 0 Å². The van der Waals surface area contributed by atoms with Gasteiger partial charge in [-0.05, 0) is 23.3 Å². The average molecular weight is 247 g/mol. The summed E-state index contributed by atoms with van der Waals surface area (Å²) in [5.74, 6) is 0. The van der Waals surface area contributed by atoms with Crippen molar-refractivity contribution >= 4 is 11.6 Å². The Bertz CT molecular complexity index is 459. The number of halogens is 1. The van der Waals surface area contributed by atoms with E-state index in [0.717, 1.165) is 11.6 Å². The maximum absolute atomic E-state index is 5.88. The molecule has 2 heteroatoms. The number of aryl methyl sites for hydroxylation is 1. The molecule has 1 heterocycles. The maximum Gasteiger partial charge on any atom is 0.169 e. The van der Waals surface area contributed by atoms with Crippen LogP contribution in [0.1, 0.15) is 19.8 Å². The maximum atomic E-state index is 5.88. The van der Waals surface area contributed by atoms with Crippen LogP contribution in [0.5, 0.6) is 0 Å². The molecule has 0 bridgehead atoms. The fourth-order valence-electron chi connectivity index (χ4n) is 1.78. The lowest BCUT2D eigenvalue weighted by Crippen LogP contribution is -2.32. The van der Waals surface area contributed by atoms with Gasteiger partial charge in [0.2, 0.25) is 0 Å². The molecule has 17 heavy (non-hydrogen) atoms. The van der Waals surface area contributed by atoms with Crippen molar-refractivity contribution < 1.29 is 4.57 Å². The number of rotatable bonds is 4. The van der Waals surface area contributed by atoms with Gasteiger partial charge in [0.1, 0.15) is 6.54 Å². The highest BCUT2D eigenvalue weighted by atomic mass is 35.5. The van der Waals surface area contributed by atoms with Crippen LogP contribution < -0.4 is 4.57 Å². The van der Waals surface area contributed by atoms with Gasteiger partial charge in [0, 0.05) is 23.6 Å². The number of hydrogen-bond donors (Lipinski definition) is 0. The lowest BCUT2D eigenvalue weighted by Gasteiger charge is -2.01. The molecule has 1 aromatic heterocycles. The van der Waals surface area contributed by atoms with E-state index in [4.69, 9.17) is 11.6 Å². The molecular formula is C15H17ClN+. The van der Waals surface area contributed by atoms with Gasteiger partial charge in [-0.3, -0.25) is 0 Å². The molecule has 0 amide bonds. The van der Waals surface area contributed by atoms with Crippen molar-refractivity contribution in [2.75, 3.05) is 0 Å². The van der Waals surface area contributed by atoms with Crippen LogP contribution in [0.3, 0.4) is 0 Å². The number of aromatic nitrogens is 1. The zero-order valence-electron chi connectivity index (χ0n) is 10.1. The van der Waals surface area contributed by atoms with Crippen LogP contribution in [0.25, 0.3) is 11.1 Å². The molecule has 1 aromatic carbocycles. The largest absolute Gasteiger partial charge is 0.205 e. The van der Waals surface area contributed by atoms with E-state index in [9.17, 15) is 0 Å². The van der Waals surface area contributed by atoms with Crippen molar-refractivity contribution in [1.82, 2.24) is 0 Å². The summed E-state index contributed by atoms with van der Waals surface area (Å²) in [6.07, 6.45) is 6.73. The summed E-state index contributed by atoms with van der Waals surface area (Å²) in [6.45, 7) is 3.31. The minimum atomic E-state index is 0.780. The second kappa shape index (κ2) is 5.83. The highest BCUT2D eigenvalue weighted by Crippen LogP contribution is 2.20. The van der Waals surface area contributed by atoms with E-state index in [-0.39, 0.29) is 0 Å². The van der Waals surface area contributed by atoms with Crippen molar-refractivity contribution in [3.8, 4) is 11.1 Å². The van der Waals surface area contributed by atoms with Crippen molar-refractivity contribution in [3.05, 3.63) is 53.8 Å². The zero-order valence-corrected chi connectivity index (χ0v) is 10.8. The van der Waals surface area contributed by atoms with Gasteiger partial charge in [0.15, 0.2) is 12.4 Å². The summed E-state index contributed by atoms with van der Waals surface area (Å²) in [7, 11) is 0. The fourth-order valence-corrected chi connectivity index (χ4v) is 1.91. The number of unbranched alkanes of at least 4 members (excludes halogenated alkanes) is 1. The number of hydrogen-bond acceptors (Lipinski definition) is 0. The van der Waals surface area contributed by atoms with Crippen molar-refractivity contribution in [2.24, 2.45) is 0 Å². The molecule has 0 radical (unpaired) electrons. The Morgan fingerprint density at radius 2 is 1.53 bits per heavy atom. The summed E-state index contributed by atoms with van der Waals surface area (Å²) in [5, 5.41) is 0.780. The molecule has 0 saturated heterocycles. The van der Waals surface area contributed by atoms with E-state index < -0.39 is 0 Å². The molecule has 2 aromatic rings. The lowest BCUT2D eigenvalue weighted by atomic mass is 10.1. The van der Waals surface area contributed by atoms with Gasteiger partial charge in [0.25, 0.3) is 0 Å². The Labute approximate surface area is 108 Å². The lowest BCUT2D eigenvalue weighted by molar-refractivity contribution is -0.697. The standard InChI is InChI=1S/C15H17ClN/c1-2-3-10-17-11-8-14(9-12-17)13-4-6-15(16)7-5-13/h4-9,11-12H,2-3,10H2,1H3/q+1. The Morgan fingerprint density at radius 3 is 2.12 bits per heavy atom. The van der Waals surface area contributed by atoms with E-state index in [1.165, 1.54) is 24.0 Å². The number of pyridine rings is 1. The molecule has 0 saturated carbocycles. The predicted molar refractivity (Wildman–Crippen MR) is 72.0 cm³/mol. The van der Waals surface area contributed by atoms with Crippen LogP contribution in [0, 0.1) is 0 Å². The van der Waals surface area contributed by atoms with Crippen LogP contribution in [0.15, 0.2) is 48.8 Å². The molecule has 0 aliphatic rings. The van der Waals surface area contributed by atoms with Gasteiger partial charge in [-0.25, -0.2) is 4.57 Å². The average Bonchev–Trinajstić information content (AvgIpc) is 2.38. The van der Waals surface area contributed by atoms with E-state index >= 15 is 0 Å². The van der Waals surface area contributed by atoms with Gasteiger partial charge >= 0.3 is 0 Å². The topological polar surface area (TPSA) is 3.88 Å². The highest BCUT2D eigenvalue weighted by molar-refractivity contribution is 6.30. The second-order valence-corrected chi connectivity index (χ2v) is 4.62. The smallest absolute Gasteiger partial charge is 0.169 e. The van der Waals surface area contributed by atoms with Gasteiger partial charge in [-0.1, -0.05) is 37.1 Å². The van der Waals surface area contributed by atoms with E-state index in [0.29, 0.717) is 0 Å².